The van der Waals surface area contributed by atoms with Gasteiger partial charge in [0.15, 0.2) is 10.8 Å². The van der Waals surface area contributed by atoms with Crippen LogP contribution in [0.2, 0.25) is 0 Å². The number of hydrogen-bond donors (Lipinski definition) is 2. The van der Waals surface area contributed by atoms with Crippen molar-refractivity contribution in [3.63, 3.8) is 0 Å². The summed E-state index contributed by atoms with van der Waals surface area (Å²) in [6.45, 7) is 13.2. The van der Waals surface area contributed by atoms with Crippen LogP contribution in [0, 0.1) is 0 Å². The average Bonchev–Trinajstić information content (AvgIpc) is 2.91. The van der Waals surface area contributed by atoms with Crippen LogP contribution in [0.25, 0.3) is 0 Å². The third-order valence-electron chi connectivity index (χ3n) is 2.84. The van der Waals surface area contributed by atoms with E-state index in [9.17, 15) is 14.4 Å². The summed E-state index contributed by atoms with van der Waals surface area (Å²) in [6.07, 6.45) is -0.696. The lowest BCUT2D eigenvalue weighted by Gasteiger charge is -2.26. The first kappa shape index (κ1) is 24.3. The van der Waals surface area contributed by atoms with E-state index in [1.807, 2.05) is 0 Å². The second-order valence-corrected chi connectivity index (χ2v) is 9.43. The molecule has 0 aliphatic rings. The zero-order chi connectivity index (χ0) is 22.6. The fourth-order valence-electron chi connectivity index (χ4n) is 1.65. The van der Waals surface area contributed by atoms with Crippen molar-refractivity contribution < 1.29 is 28.7 Å². The second-order valence-electron chi connectivity index (χ2n) is 8.57. The number of rotatable bonds is 6. The minimum absolute atomic E-state index is 0.0774. The summed E-state index contributed by atoms with van der Waals surface area (Å²) >= 11 is 1.04. The van der Waals surface area contributed by atoms with Crippen LogP contribution >= 0.6 is 11.3 Å². The molecule has 1 rings (SSSR count). The number of primary amides is 1. The van der Waals surface area contributed by atoms with E-state index in [2.05, 4.69) is 15.5 Å². The first-order valence-corrected chi connectivity index (χ1v) is 9.63. The third-order valence-corrected chi connectivity index (χ3v) is 3.60. The van der Waals surface area contributed by atoms with Gasteiger partial charge in [0.25, 0.3) is 5.91 Å². The molecule has 0 aromatic carbocycles. The standard InChI is InChI=1S/C18H28N4O6S/c1-16(2,3)26-13(24)18(7,8)28-22-11(12(19)23)10-9-29-14(20-10)21-15(25)27-17(4,5)6/h9H,1-8H3,(H2,19,23)(H,20,21,25). The molecule has 0 saturated carbocycles. The molecule has 0 aliphatic carbocycles. The highest BCUT2D eigenvalue weighted by Gasteiger charge is 2.35. The molecule has 1 aromatic heterocycles. The van der Waals surface area contributed by atoms with Crippen LogP contribution in [0.3, 0.4) is 0 Å². The molecule has 0 aliphatic heterocycles. The normalized spacial score (nSPS) is 12.9. The summed E-state index contributed by atoms with van der Waals surface area (Å²) < 4.78 is 10.4. The fraction of sp³-hybridized carbons (Fsp3) is 0.611. The Hall–Kier alpha value is -2.69. The van der Waals surface area contributed by atoms with Crippen LogP contribution in [0.1, 0.15) is 61.1 Å². The molecular weight excluding hydrogens is 400 g/mol. The molecule has 0 unspecified atom stereocenters. The number of thiazole rings is 1. The smallest absolute Gasteiger partial charge is 0.413 e. The SMILES string of the molecule is CC(C)(C)OC(=O)Nc1nc(C(=NOC(C)(C)C(=O)OC(C)(C)C)C(N)=O)cs1. The van der Waals surface area contributed by atoms with Gasteiger partial charge in [-0.2, -0.15) is 0 Å². The van der Waals surface area contributed by atoms with Gasteiger partial charge < -0.3 is 20.0 Å². The first-order chi connectivity index (χ1) is 13.0. The van der Waals surface area contributed by atoms with E-state index < -0.39 is 34.8 Å². The van der Waals surface area contributed by atoms with Crippen molar-refractivity contribution in [1.82, 2.24) is 4.98 Å². The van der Waals surface area contributed by atoms with E-state index in [1.165, 1.54) is 19.2 Å². The maximum absolute atomic E-state index is 12.2. The van der Waals surface area contributed by atoms with Crippen molar-refractivity contribution in [2.24, 2.45) is 10.9 Å². The van der Waals surface area contributed by atoms with E-state index in [0.29, 0.717) is 0 Å². The van der Waals surface area contributed by atoms with Crippen LogP contribution in [0.5, 0.6) is 0 Å². The van der Waals surface area contributed by atoms with Gasteiger partial charge in [0, 0.05) is 5.38 Å². The van der Waals surface area contributed by atoms with Crippen molar-refractivity contribution in [3.8, 4) is 0 Å². The molecule has 10 nitrogen and oxygen atoms in total. The predicted octanol–water partition coefficient (Wildman–Crippen LogP) is 2.82. The Labute approximate surface area is 173 Å². The van der Waals surface area contributed by atoms with Gasteiger partial charge in [-0.05, 0) is 55.4 Å². The van der Waals surface area contributed by atoms with Crippen molar-refractivity contribution in [2.45, 2.75) is 72.2 Å². The number of nitrogens with zero attached hydrogens (tertiary/aromatic N) is 2. The molecule has 29 heavy (non-hydrogen) atoms. The van der Waals surface area contributed by atoms with E-state index >= 15 is 0 Å². The lowest BCUT2D eigenvalue weighted by atomic mass is 10.1. The van der Waals surface area contributed by atoms with Crippen LogP contribution in [0.4, 0.5) is 9.93 Å². The number of hydrogen-bond acceptors (Lipinski definition) is 9. The predicted molar refractivity (Wildman–Crippen MR) is 109 cm³/mol. The fourth-order valence-corrected chi connectivity index (χ4v) is 2.33. The Kier molecular flexibility index (Phi) is 7.36. The highest BCUT2D eigenvalue weighted by atomic mass is 32.1. The summed E-state index contributed by atoms with van der Waals surface area (Å²) in [5.74, 6) is -1.58. The highest BCUT2D eigenvalue weighted by Crippen LogP contribution is 2.20. The molecule has 0 bridgehead atoms. The molecule has 2 amide bonds. The molecule has 0 atom stereocenters. The Morgan fingerprint density at radius 2 is 1.59 bits per heavy atom. The number of anilines is 1. The van der Waals surface area contributed by atoms with E-state index in [-0.39, 0.29) is 16.5 Å². The van der Waals surface area contributed by atoms with E-state index in [4.69, 9.17) is 20.0 Å². The minimum Gasteiger partial charge on any atom is -0.457 e. The van der Waals surface area contributed by atoms with Gasteiger partial charge in [-0.1, -0.05) is 5.16 Å². The number of carbonyl (C=O) groups excluding carboxylic acids is 3. The monoisotopic (exact) mass is 428 g/mol. The zero-order valence-corrected chi connectivity index (χ0v) is 18.7. The maximum atomic E-state index is 12.2. The quantitative estimate of drug-likeness (QED) is 0.403. The van der Waals surface area contributed by atoms with Crippen molar-refractivity contribution in [2.75, 3.05) is 5.32 Å². The van der Waals surface area contributed by atoms with Crippen molar-refractivity contribution >= 4 is 40.1 Å². The number of ether oxygens (including phenoxy) is 2. The molecular formula is C18H28N4O6S. The Morgan fingerprint density at radius 3 is 2.07 bits per heavy atom. The summed E-state index contributed by atoms with van der Waals surface area (Å²) in [6, 6.07) is 0. The maximum Gasteiger partial charge on any atom is 0.413 e. The molecule has 0 spiro atoms. The third kappa shape index (κ3) is 8.46. The topological polar surface area (TPSA) is 142 Å². The van der Waals surface area contributed by atoms with Crippen LogP contribution in [-0.2, 0) is 23.9 Å². The summed E-state index contributed by atoms with van der Waals surface area (Å²) in [5.41, 5.74) is 2.26. The number of nitrogens with one attached hydrogen (secondary N) is 1. The lowest BCUT2D eigenvalue weighted by Crippen LogP contribution is -2.40. The molecule has 3 N–H and O–H groups in total. The van der Waals surface area contributed by atoms with Crippen LogP contribution in [0.15, 0.2) is 10.5 Å². The molecule has 0 saturated heterocycles. The Balaban J connectivity index is 2.96. The van der Waals surface area contributed by atoms with Crippen molar-refractivity contribution in [3.05, 3.63) is 11.1 Å². The lowest BCUT2D eigenvalue weighted by molar-refractivity contribution is -0.179. The molecule has 1 aromatic rings. The summed E-state index contributed by atoms with van der Waals surface area (Å²) in [5, 5.41) is 7.80. The molecule has 11 heteroatoms. The van der Waals surface area contributed by atoms with E-state index in [1.54, 1.807) is 41.5 Å². The number of esters is 1. The van der Waals surface area contributed by atoms with Gasteiger partial charge in [0.05, 0.1) is 0 Å². The Morgan fingerprint density at radius 1 is 1.03 bits per heavy atom. The zero-order valence-electron chi connectivity index (χ0n) is 17.9. The van der Waals surface area contributed by atoms with E-state index in [0.717, 1.165) is 11.3 Å². The van der Waals surface area contributed by atoms with Gasteiger partial charge in [-0.3, -0.25) is 10.1 Å². The first-order valence-electron chi connectivity index (χ1n) is 8.75. The van der Waals surface area contributed by atoms with Gasteiger partial charge in [-0.25, -0.2) is 14.6 Å². The average molecular weight is 429 g/mol. The van der Waals surface area contributed by atoms with Crippen LogP contribution < -0.4 is 11.1 Å². The van der Waals surface area contributed by atoms with Gasteiger partial charge >= 0.3 is 12.1 Å². The molecule has 1 heterocycles. The number of nitrogens with two attached hydrogens (primary N) is 1. The van der Waals surface area contributed by atoms with Gasteiger partial charge in [0.2, 0.25) is 5.60 Å². The number of oxime groups is 1. The number of carbonyl (C=O) groups is 3. The van der Waals surface area contributed by atoms with Crippen LogP contribution in [-0.4, -0.2) is 45.5 Å². The molecule has 0 radical (unpaired) electrons. The summed E-state index contributed by atoms with van der Waals surface area (Å²) in [7, 11) is 0. The highest BCUT2D eigenvalue weighted by molar-refractivity contribution is 7.14. The number of amides is 2. The minimum atomic E-state index is -1.47. The van der Waals surface area contributed by atoms with Gasteiger partial charge in [0.1, 0.15) is 16.9 Å². The molecule has 162 valence electrons. The second kappa shape index (κ2) is 8.76. The van der Waals surface area contributed by atoms with Gasteiger partial charge in [-0.15, -0.1) is 11.3 Å². The van der Waals surface area contributed by atoms with Crippen molar-refractivity contribution in [1.29, 1.82) is 0 Å². The molecule has 0 fully saturated rings. The largest absolute Gasteiger partial charge is 0.457 e. The Bertz CT molecular complexity index is 802. The number of aromatic nitrogens is 1. The summed E-state index contributed by atoms with van der Waals surface area (Å²) in [4.78, 5) is 45.2.